The zero-order valence-corrected chi connectivity index (χ0v) is 12.9. The molecule has 2 amide bonds. The van der Waals surface area contributed by atoms with Crippen molar-refractivity contribution in [3.05, 3.63) is 48.2 Å². The fourth-order valence-corrected chi connectivity index (χ4v) is 2.41. The third kappa shape index (κ3) is 3.65. The van der Waals surface area contributed by atoms with Crippen molar-refractivity contribution in [2.45, 2.75) is 0 Å². The minimum Gasteiger partial charge on any atom is -0.342 e. The highest BCUT2D eigenvalue weighted by molar-refractivity contribution is 5.92. The zero-order chi connectivity index (χ0) is 16.9. The largest absolute Gasteiger partial charge is 0.342 e. The number of halogens is 1. The van der Waals surface area contributed by atoms with Crippen LogP contribution in [0.5, 0.6) is 0 Å². The molecule has 1 aliphatic heterocycles. The molecule has 0 saturated carbocycles. The maximum Gasteiger partial charge on any atom is 0.274 e. The lowest BCUT2D eigenvalue weighted by Gasteiger charge is -2.32. The number of carbonyl (C=O) groups excluding carboxylic acids is 2. The maximum atomic E-state index is 13.1. The third-order valence-electron chi connectivity index (χ3n) is 3.72. The molecule has 1 fully saturated rings. The second kappa shape index (κ2) is 7.03. The summed E-state index contributed by atoms with van der Waals surface area (Å²) in [6.07, 6.45) is 3.60. The van der Waals surface area contributed by atoms with Crippen LogP contribution in [0.25, 0.3) is 0 Å². The number of rotatable bonds is 4. The van der Waals surface area contributed by atoms with Gasteiger partial charge in [-0.3, -0.25) is 9.59 Å². The predicted octanol–water partition coefficient (Wildman–Crippen LogP) is 1.27. The van der Waals surface area contributed by atoms with Crippen LogP contribution in [-0.2, 0) is 4.79 Å². The van der Waals surface area contributed by atoms with Gasteiger partial charge in [0.25, 0.3) is 5.91 Å². The Morgan fingerprint density at radius 2 is 1.96 bits per heavy atom. The molecule has 0 spiro atoms. The summed E-state index contributed by atoms with van der Waals surface area (Å²) in [4.78, 5) is 34.6. The quantitative estimate of drug-likeness (QED) is 0.855. The molecule has 0 aliphatic carbocycles. The van der Waals surface area contributed by atoms with E-state index in [1.807, 2.05) is 0 Å². The molecular weight excluding hydrogens is 313 g/mol. The van der Waals surface area contributed by atoms with Gasteiger partial charge in [0.2, 0.25) is 6.41 Å². The van der Waals surface area contributed by atoms with Crippen LogP contribution in [0.2, 0.25) is 0 Å². The Morgan fingerprint density at radius 3 is 2.58 bits per heavy atom. The van der Waals surface area contributed by atoms with Crippen LogP contribution >= 0.6 is 0 Å². The van der Waals surface area contributed by atoms with Crippen molar-refractivity contribution >= 4 is 23.8 Å². The maximum absolute atomic E-state index is 13.1. The first kappa shape index (κ1) is 15.9. The number of nitrogens with zero attached hydrogens (tertiary/aromatic N) is 4. The van der Waals surface area contributed by atoms with Gasteiger partial charge in [0, 0.05) is 31.9 Å². The highest BCUT2D eigenvalue weighted by atomic mass is 19.1. The lowest BCUT2D eigenvalue weighted by atomic mass is 10.3. The fourth-order valence-electron chi connectivity index (χ4n) is 2.41. The Labute approximate surface area is 138 Å². The Bertz CT molecular complexity index is 730. The molecule has 0 unspecified atom stereocenters. The van der Waals surface area contributed by atoms with E-state index in [0.717, 1.165) is 6.41 Å². The van der Waals surface area contributed by atoms with E-state index in [4.69, 9.17) is 0 Å². The highest BCUT2D eigenvalue weighted by Gasteiger charge is 2.22. The lowest BCUT2D eigenvalue weighted by Crippen LogP contribution is -2.48. The van der Waals surface area contributed by atoms with Gasteiger partial charge in [0.1, 0.15) is 17.3 Å². The van der Waals surface area contributed by atoms with Gasteiger partial charge in [-0.1, -0.05) is 6.07 Å². The van der Waals surface area contributed by atoms with Crippen molar-refractivity contribution in [3.8, 4) is 0 Å². The number of benzene rings is 1. The molecule has 2 heterocycles. The van der Waals surface area contributed by atoms with Crippen LogP contribution in [0.15, 0.2) is 36.7 Å². The predicted molar refractivity (Wildman–Crippen MR) is 85.3 cm³/mol. The molecule has 1 aromatic heterocycles. The number of aromatic nitrogens is 2. The molecule has 0 radical (unpaired) electrons. The molecule has 2 aromatic rings. The minimum absolute atomic E-state index is 0.217. The molecule has 8 heteroatoms. The van der Waals surface area contributed by atoms with Crippen molar-refractivity contribution in [1.82, 2.24) is 19.8 Å². The summed E-state index contributed by atoms with van der Waals surface area (Å²) in [7, 11) is 0. The molecule has 1 saturated heterocycles. The number of amides is 2. The first-order chi connectivity index (χ1) is 11.7. The summed E-state index contributed by atoms with van der Waals surface area (Å²) < 4.78 is 13.1. The lowest BCUT2D eigenvalue weighted by molar-refractivity contribution is -0.119. The van der Waals surface area contributed by atoms with Crippen molar-refractivity contribution < 1.29 is 14.0 Å². The molecule has 1 aromatic carbocycles. The average molecular weight is 329 g/mol. The van der Waals surface area contributed by atoms with Crippen LogP contribution in [0.4, 0.5) is 15.9 Å². The van der Waals surface area contributed by atoms with Crippen molar-refractivity contribution in [2.24, 2.45) is 0 Å². The first-order valence-corrected chi connectivity index (χ1v) is 7.49. The molecule has 0 atom stereocenters. The van der Waals surface area contributed by atoms with Crippen molar-refractivity contribution in [1.29, 1.82) is 0 Å². The van der Waals surface area contributed by atoms with Gasteiger partial charge in [0.05, 0.1) is 12.4 Å². The van der Waals surface area contributed by atoms with Crippen LogP contribution < -0.4 is 5.32 Å². The molecule has 1 N–H and O–H groups in total. The Hall–Kier alpha value is -3.03. The highest BCUT2D eigenvalue weighted by Crippen LogP contribution is 2.15. The normalized spacial score (nSPS) is 14.4. The van der Waals surface area contributed by atoms with Gasteiger partial charge in [-0.05, 0) is 18.2 Å². The molecule has 1 aliphatic rings. The van der Waals surface area contributed by atoms with Gasteiger partial charge in [0.15, 0.2) is 0 Å². The number of piperazine rings is 1. The minimum atomic E-state index is -0.353. The summed E-state index contributed by atoms with van der Waals surface area (Å²) in [6, 6.07) is 5.98. The van der Waals surface area contributed by atoms with Gasteiger partial charge >= 0.3 is 0 Å². The van der Waals surface area contributed by atoms with E-state index >= 15 is 0 Å². The van der Waals surface area contributed by atoms with E-state index in [9.17, 15) is 14.0 Å². The number of carbonyl (C=O) groups is 2. The summed E-state index contributed by atoms with van der Waals surface area (Å²) in [5, 5.41) is 2.92. The molecule has 3 rings (SSSR count). The van der Waals surface area contributed by atoms with E-state index in [1.54, 1.807) is 21.9 Å². The van der Waals surface area contributed by atoms with E-state index in [1.165, 1.54) is 24.5 Å². The van der Waals surface area contributed by atoms with Crippen molar-refractivity contribution in [2.75, 3.05) is 31.5 Å². The monoisotopic (exact) mass is 329 g/mol. The summed E-state index contributed by atoms with van der Waals surface area (Å²) >= 11 is 0. The molecule has 24 heavy (non-hydrogen) atoms. The third-order valence-corrected chi connectivity index (χ3v) is 3.72. The zero-order valence-electron chi connectivity index (χ0n) is 12.9. The van der Waals surface area contributed by atoms with Gasteiger partial charge in [-0.2, -0.15) is 0 Å². The molecular formula is C16H16FN5O2. The van der Waals surface area contributed by atoms with Gasteiger partial charge in [-0.25, -0.2) is 14.4 Å². The number of anilines is 2. The standard InChI is InChI=1S/C16H16FN5O2/c17-12-2-1-3-13(8-12)20-15-10-18-14(9-19-15)16(24)22-6-4-21(11-23)5-7-22/h1-3,8-11H,4-7H2,(H,19,20). The fraction of sp³-hybridized carbons (Fsp3) is 0.250. The van der Waals surface area contributed by atoms with Crippen LogP contribution in [-0.4, -0.2) is 58.3 Å². The van der Waals surface area contributed by atoms with Gasteiger partial charge in [-0.15, -0.1) is 0 Å². The molecule has 0 bridgehead atoms. The summed E-state index contributed by atoms with van der Waals surface area (Å²) in [5.74, 6) is -0.150. The Kier molecular flexibility index (Phi) is 4.64. The summed E-state index contributed by atoms with van der Waals surface area (Å²) in [5.41, 5.74) is 0.785. The van der Waals surface area contributed by atoms with Crippen LogP contribution in [0.3, 0.4) is 0 Å². The Balaban J connectivity index is 1.64. The SMILES string of the molecule is O=CN1CCN(C(=O)c2cnc(Nc3cccc(F)c3)cn2)CC1. The van der Waals surface area contributed by atoms with E-state index in [-0.39, 0.29) is 17.4 Å². The van der Waals surface area contributed by atoms with Crippen LogP contribution in [0.1, 0.15) is 10.5 Å². The Morgan fingerprint density at radius 1 is 1.17 bits per heavy atom. The van der Waals surface area contributed by atoms with Gasteiger partial charge < -0.3 is 15.1 Å². The molecule has 7 nitrogen and oxygen atoms in total. The first-order valence-electron chi connectivity index (χ1n) is 7.49. The van der Waals surface area contributed by atoms with Crippen LogP contribution in [0, 0.1) is 5.82 Å². The second-order valence-corrected chi connectivity index (χ2v) is 5.36. The number of hydrogen-bond donors (Lipinski definition) is 1. The smallest absolute Gasteiger partial charge is 0.274 e. The average Bonchev–Trinajstić information content (AvgIpc) is 2.62. The number of nitrogens with one attached hydrogen (secondary N) is 1. The van der Waals surface area contributed by atoms with E-state index < -0.39 is 0 Å². The van der Waals surface area contributed by atoms with E-state index in [0.29, 0.717) is 37.7 Å². The topological polar surface area (TPSA) is 78.4 Å². The second-order valence-electron chi connectivity index (χ2n) is 5.36. The molecule has 124 valence electrons. The number of hydrogen-bond acceptors (Lipinski definition) is 5. The summed E-state index contributed by atoms with van der Waals surface area (Å²) in [6.45, 7) is 1.98. The van der Waals surface area contributed by atoms with Crippen molar-refractivity contribution in [3.63, 3.8) is 0 Å². The van der Waals surface area contributed by atoms with E-state index in [2.05, 4.69) is 15.3 Å².